The maximum Gasteiger partial charge on any atom is 0.293 e. The summed E-state index contributed by atoms with van der Waals surface area (Å²) in [6.45, 7) is 0. The van der Waals surface area contributed by atoms with Crippen molar-refractivity contribution >= 4 is 18.0 Å². The third kappa shape index (κ3) is 2.20. The molecule has 0 amide bonds. The molecule has 0 saturated carbocycles. The predicted octanol–water partition coefficient (Wildman–Crippen LogP) is 3.05. The van der Waals surface area contributed by atoms with E-state index in [2.05, 4.69) is 0 Å². The number of nitrogens with one attached hydrogen (secondary N) is 1. The van der Waals surface area contributed by atoms with Crippen molar-refractivity contribution < 1.29 is 4.92 Å². The molecule has 0 spiro atoms. The molecule has 1 aromatic carbocycles. The number of nitrogens with zero attached hydrogens (tertiary/aromatic N) is 2. The van der Waals surface area contributed by atoms with Crippen LogP contribution in [0, 0.1) is 15.5 Å². The van der Waals surface area contributed by atoms with Crippen LogP contribution in [-0.4, -0.2) is 15.7 Å². The summed E-state index contributed by atoms with van der Waals surface area (Å²) in [5.74, 6) is 0. The van der Waals surface area contributed by atoms with Crippen molar-refractivity contribution in [1.82, 2.24) is 4.57 Å². The normalized spacial score (nSPS) is 10.7. The molecule has 1 N–H and O–H groups in total. The van der Waals surface area contributed by atoms with Gasteiger partial charge in [0.1, 0.15) is 5.69 Å². The SMILES string of the molecule is N=C/C=C/c1cccn1-c1ccccc1[N+](=O)[O-]. The van der Waals surface area contributed by atoms with E-state index >= 15 is 0 Å². The fourth-order valence-electron chi connectivity index (χ4n) is 1.72. The average molecular weight is 241 g/mol. The molecule has 2 aromatic rings. The molecule has 18 heavy (non-hydrogen) atoms. The minimum atomic E-state index is -0.403. The maximum absolute atomic E-state index is 11.0. The zero-order valence-electron chi connectivity index (χ0n) is 9.48. The summed E-state index contributed by atoms with van der Waals surface area (Å²) in [4.78, 5) is 10.6. The second-order valence-electron chi connectivity index (χ2n) is 3.57. The standard InChI is InChI=1S/C13H11N3O2/c14-9-3-5-11-6-4-10-15(11)12-7-1-2-8-13(12)16(17)18/h1-10,14H/b5-3+,14-9?. The quantitative estimate of drug-likeness (QED) is 0.507. The van der Waals surface area contributed by atoms with E-state index in [9.17, 15) is 10.1 Å². The largest absolute Gasteiger partial charge is 0.311 e. The predicted molar refractivity (Wildman–Crippen MR) is 70.2 cm³/mol. The van der Waals surface area contributed by atoms with Gasteiger partial charge in [-0.1, -0.05) is 12.1 Å². The van der Waals surface area contributed by atoms with E-state index < -0.39 is 4.92 Å². The minimum Gasteiger partial charge on any atom is -0.311 e. The van der Waals surface area contributed by atoms with Gasteiger partial charge in [-0.05, 0) is 30.4 Å². The summed E-state index contributed by atoms with van der Waals surface area (Å²) in [5.41, 5.74) is 1.35. The van der Waals surface area contributed by atoms with Crippen molar-refractivity contribution in [2.24, 2.45) is 0 Å². The van der Waals surface area contributed by atoms with Crippen molar-refractivity contribution in [3.63, 3.8) is 0 Å². The molecule has 0 aliphatic rings. The number of hydrogen-bond donors (Lipinski definition) is 1. The molecule has 1 heterocycles. The van der Waals surface area contributed by atoms with Crippen LogP contribution in [0.3, 0.4) is 0 Å². The Morgan fingerprint density at radius 2 is 2.00 bits per heavy atom. The van der Waals surface area contributed by atoms with Gasteiger partial charge in [0.15, 0.2) is 0 Å². The van der Waals surface area contributed by atoms with Gasteiger partial charge in [-0.25, -0.2) is 0 Å². The lowest BCUT2D eigenvalue weighted by atomic mass is 10.2. The van der Waals surface area contributed by atoms with Gasteiger partial charge < -0.3 is 9.98 Å². The highest BCUT2D eigenvalue weighted by Crippen LogP contribution is 2.24. The maximum atomic E-state index is 11.0. The van der Waals surface area contributed by atoms with E-state index in [1.807, 2.05) is 6.07 Å². The molecule has 2 rings (SSSR count). The number of aromatic nitrogens is 1. The molecule has 0 fully saturated rings. The molecule has 5 nitrogen and oxygen atoms in total. The van der Waals surface area contributed by atoms with E-state index in [-0.39, 0.29) is 5.69 Å². The first-order chi connectivity index (χ1) is 8.74. The third-order valence-electron chi connectivity index (χ3n) is 2.48. The molecule has 0 unspecified atom stereocenters. The summed E-state index contributed by atoms with van der Waals surface area (Å²) >= 11 is 0. The molecule has 5 heteroatoms. The van der Waals surface area contributed by atoms with Gasteiger partial charge in [-0.2, -0.15) is 0 Å². The average Bonchev–Trinajstić information content (AvgIpc) is 2.84. The van der Waals surface area contributed by atoms with Gasteiger partial charge in [-0.15, -0.1) is 0 Å². The molecule has 1 aromatic heterocycles. The highest BCUT2D eigenvalue weighted by molar-refractivity contribution is 5.75. The summed E-state index contributed by atoms with van der Waals surface area (Å²) < 4.78 is 1.72. The molecular formula is C13H11N3O2. The fraction of sp³-hybridized carbons (Fsp3) is 0. The first-order valence-corrected chi connectivity index (χ1v) is 5.32. The van der Waals surface area contributed by atoms with Crippen LogP contribution in [-0.2, 0) is 0 Å². The zero-order valence-corrected chi connectivity index (χ0v) is 9.48. The highest BCUT2D eigenvalue weighted by atomic mass is 16.6. The van der Waals surface area contributed by atoms with E-state index in [0.717, 1.165) is 11.9 Å². The number of rotatable bonds is 4. The Morgan fingerprint density at radius 1 is 1.22 bits per heavy atom. The molecule has 0 aliphatic carbocycles. The first-order valence-electron chi connectivity index (χ1n) is 5.32. The summed E-state index contributed by atoms with van der Waals surface area (Å²) in [5, 5.41) is 17.9. The first kappa shape index (κ1) is 11.8. The Balaban J connectivity index is 2.56. The Morgan fingerprint density at radius 3 is 2.72 bits per heavy atom. The summed E-state index contributed by atoms with van der Waals surface area (Å²) in [7, 11) is 0. The summed E-state index contributed by atoms with van der Waals surface area (Å²) in [6, 6.07) is 10.2. The Labute approximate surface area is 104 Å². The van der Waals surface area contributed by atoms with Crippen LogP contribution < -0.4 is 0 Å². The van der Waals surface area contributed by atoms with Crippen LogP contribution in [0.4, 0.5) is 5.69 Å². The lowest BCUT2D eigenvalue weighted by Crippen LogP contribution is -2.00. The molecule has 0 aliphatic heterocycles. The highest BCUT2D eigenvalue weighted by Gasteiger charge is 2.14. The van der Waals surface area contributed by atoms with Crippen molar-refractivity contribution in [3.05, 3.63) is 64.5 Å². The van der Waals surface area contributed by atoms with E-state index in [1.165, 1.54) is 6.07 Å². The third-order valence-corrected chi connectivity index (χ3v) is 2.48. The van der Waals surface area contributed by atoms with Crippen LogP contribution in [0.1, 0.15) is 5.69 Å². The Kier molecular flexibility index (Phi) is 3.33. The minimum absolute atomic E-state index is 0.0539. The van der Waals surface area contributed by atoms with Gasteiger partial charge in [0.05, 0.1) is 4.92 Å². The fourth-order valence-corrected chi connectivity index (χ4v) is 1.72. The number of benzene rings is 1. The van der Waals surface area contributed by atoms with Crippen LogP contribution in [0.25, 0.3) is 11.8 Å². The van der Waals surface area contributed by atoms with Crippen LogP contribution in [0.15, 0.2) is 48.7 Å². The van der Waals surface area contributed by atoms with Crippen LogP contribution >= 0.6 is 0 Å². The second kappa shape index (κ2) is 5.09. The molecular weight excluding hydrogens is 230 g/mol. The lowest BCUT2D eigenvalue weighted by molar-refractivity contribution is -0.384. The molecule has 90 valence electrons. The van der Waals surface area contributed by atoms with Gasteiger partial charge in [0.2, 0.25) is 0 Å². The number of nitro benzene ring substituents is 1. The summed E-state index contributed by atoms with van der Waals surface area (Å²) in [6.07, 6.45) is 6.22. The van der Waals surface area contributed by atoms with Gasteiger partial charge in [0, 0.05) is 24.2 Å². The smallest absolute Gasteiger partial charge is 0.293 e. The van der Waals surface area contributed by atoms with Crippen molar-refractivity contribution in [3.8, 4) is 5.69 Å². The molecule has 0 radical (unpaired) electrons. The Bertz CT molecular complexity index is 614. The number of nitro groups is 1. The zero-order chi connectivity index (χ0) is 13.0. The van der Waals surface area contributed by atoms with E-state index in [1.54, 1.807) is 47.2 Å². The second-order valence-corrected chi connectivity index (χ2v) is 3.57. The number of para-hydroxylation sites is 2. The number of allylic oxidation sites excluding steroid dienone is 1. The van der Waals surface area contributed by atoms with E-state index in [4.69, 9.17) is 5.41 Å². The monoisotopic (exact) mass is 241 g/mol. The van der Waals surface area contributed by atoms with Crippen LogP contribution in [0.5, 0.6) is 0 Å². The van der Waals surface area contributed by atoms with Crippen molar-refractivity contribution in [2.75, 3.05) is 0 Å². The van der Waals surface area contributed by atoms with E-state index in [0.29, 0.717) is 5.69 Å². The number of hydrogen-bond acceptors (Lipinski definition) is 3. The Hall–Kier alpha value is -2.69. The van der Waals surface area contributed by atoms with Gasteiger partial charge in [-0.3, -0.25) is 10.1 Å². The molecule has 0 atom stereocenters. The topological polar surface area (TPSA) is 71.9 Å². The van der Waals surface area contributed by atoms with Gasteiger partial charge in [0.25, 0.3) is 5.69 Å². The van der Waals surface area contributed by atoms with Crippen molar-refractivity contribution in [1.29, 1.82) is 5.41 Å². The van der Waals surface area contributed by atoms with Crippen molar-refractivity contribution in [2.45, 2.75) is 0 Å². The molecule has 0 saturated heterocycles. The van der Waals surface area contributed by atoms with Gasteiger partial charge >= 0.3 is 0 Å². The van der Waals surface area contributed by atoms with Crippen LogP contribution in [0.2, 0.25) is 0 Å². The lowest BCUT2D eigenvalue weighted by Gasteiger charge is -2.06. The molecule has 0 bridgehead atoms.